The largest absolute Gasteiger partial charge is 0.379 e. The summed E-state index contributed by atoms with van der Waals surface area (Å²) >= 11 is 0. The van der Waals surface area contributed by atoms with Crippen LogP contribution in [0, 0.1) is 6.92 Å². The molecule has 1 atom stereocenters. The summed E-state index contributed by atoms with van der Waals surface area (Å²) in [7, 11) is 0. The Morgan fingerprint density at radius 3 is 2.50 bits per heavy atom. The first-order chi connectivity index (χ1) is 11.7. The summed E-state index contributed by atoms with van der Waals surface area (Å²) in [5.41, 5.74) is 3.09. The Labute approximate surface area is 142 Å². The number of ether oxygens (including phenoxy) is 1. The molecule has 0 bridgehead atoms. The maximum Gasteiger partial charge on any atom is 0.251 e. The molecule has 2 heterocycles. The van der Waals surface area contributed by atoms with Gasteiger partial charge in [0.05, 0.1) is 19.3 Å². The van der Waals surface area contributed by atoms with Crippen molar-refractivity contribution in [3.05, 3.63) is 65.5 Å². The number of nitrogens with one attached hydrogen (secondary N) is 1. The van der Waals surface area contributed by atoms with Gasteiger partial charge < -0.3 is 10.1 Å². The molecule has 126 valence electrons. The van der Waals surface area contributed by atoms with Crippen molar-refractivity contribution in [1.29, 1.82) is 0 Å². The minimum Gasteiger partial charge on any atom is -0.379 e. The van der Waals surface area contributed by atoms with Gasteiger partial charge in [-0.2, -0.15) is 0 Å². The molecule has 1 aromatic carbocycles. The third-order valence-corrected chi connectivity index (χ3v) is 4.35. The number of nitrogens with zero attached hydrogens (tertiary/aromatic N) is 2. The zero-order valence-corrected chi connectivity index (χ0v) is 13.9. The lowest BCUT2D eigenvalue weighted by Gasteiger charge is -2.35. The molecular weight excluding hydrogens is 302 g/mol. The summed E-state index contributed by atoms with van der Waals surface area (Å²) in [6.45, 7) is 5.89. The van der Waals surface area contributed by atoms with E-state index in [2.05, 4.69) is 46.4 Å². The normalized spacial score (nSPS) is 16.5. The van der Waals surface area contributed by atoms with Gasteiger partial charge in [-0.25, -0.2) is 0 Å². The van der Waals surface area contributed by atoms with E-state index in [-0.39, 0.29) is 11.9 Å². The van der Waals surface area contributed by atoms with Crippen LogP contribution in [0.3, 0.4) is 0 Å². The van der Waals surface area contributed by atoms with Crippen LogP contribution in [-0.4, -0.2) is 48.6 Å². The molecule has 24 heavy (non-hydrogen) atoms. The van der Waals surface area contributed by atoms with Crippen molar-refractivity contribution in [1.82, 2.24) is 15.2 Å². The van der Waals surface area contributed by atoms with E-state index in [1.54, 1.807) is 24.5 Å². The Morgan fingerprint density at radius 2 is 1.83 bits per heavy atom. The SMILES string of the molecule is Cc1ccc(C(CNC(=O)c2ccncc2)N2CCOCC2)cc1. The first-order valence-electron chi connectivity index (χ1n) is 8.30. The number of hydrogen-bond acceptors (Lipinski definition) is 4. The molecular formula is C19H23N3O2. The van der Waals surface area contributed by atoms with Gasteiger partial charge in [0.15, 0.2) is 0 Å². The molecule has 1 aromatic heterocycles. The zero-order valence-electron chi connectivity index (χ0n) is 13.9. The molecule has 1 unspecified atom stereocenters. The fourth-order valence-corrected chi connectivity index (χ4v) is 2.93. The number of carbonyl (C=O) groups is 1. The maximum absolute atomic E-state index is 12.3. The average Bonchev–Trinajstić information content (AvgIpc) is 2.65. The van der Waals surface area contributed by atoms with Crippen LogP contribution in [0.25, 0.3) is 0 Å². The van der Waals surface area contributed by atoms with Crippen LogP contribution >= 0.6 is 0 Å². The van der Waals surface area contributed by atoms with E-state index in [0.29, 0.717) is 12.1 Å². The van der Waals surface area contributed by atoms with Crippen molar-refractivity contribution in [2.45, 2.75) is 13.0 Å². The van der Waals surface area contributed by atoms with E-state index >= 15 is 0 Å². The molecule has 3 rings (SSSR count). The number of benzene rings is 1. The first kappa shape index (κ1) is 16.6. The molecule has 1 fully saturated rings. The highest BCUT2D eigenvalue weighted by Gasteiger charge is 2.23. The average molecular weight is 325 g/mol. The highest BCUT2D eigenvalue weighted by molar-refractivity contribution is 5.93. The second kappa shape index (κ2) is 8.04. The van der Waals surface area contributed by atoms with Crippen LogP contribution in [0.5, 0.6) is 0 Å². The lowest BCUT2D eigenvalue weighted by molar-refractivity contribution is 0.0162. The van der Waals surface area contributed by atoms with Crippen molar-refractivity contribution in [3.8, 4) is 0 Å². The third-order valence-electron chi connectivity index (χ3n) is 4.35. The van der Waals surface area contributed by atoms with E-state index in [1.165, 1.54) is 11.1 Å². The highest BCUT2D eigenvalue weighted by Crippen LogP contribution is 2.22. The van der Waals surface area contributed by atoms with Crippen molar-refractivity contribution in [2.75, 3.05) is 32.8 Å². The van der Waals surface area contributed by atoms with Crippen molar-refractivity contribution < 1.29 is 9.53 Å². The van der Waals surface area contributed by atoms with E-state index in [1.807, 2.05) is 0 Å². The van der Waals surface area contributed by atoms with Gasteiger partial charge in [-0.15, -0.1) is 0 Å². The van der Waals surface area contributed by atoms with Crippen LogP contribution in [0.4, 0.5) is 0 Å². The summed E-state index contributed by atoms with van der Waals surface area (Å²) in [6.07, 6.45) is 3.27. The molecule has 1 amide bonds. The van der Waals surface area contributed by atoms with Crippen LogP contribution in [0.2, 0.25) is 0 Å². The second-order valence-electron chi connectivity index (χ2n) is 6.02. The van der Waals surface area contributed by atoms with Gasteiger partial charge in [0, 0.05) is 37.6 Å². The lowest BCUT2D eigenvalue weighted by atomic mass is 10.0. The van der Waals surface area contributed by atoms with E-state index in [9.17, 15) is 4.79 Å². The van der Waals surface area contributed by atoms with Crippen LogP contribution in [-0.2, 0) is 4.74 Å². The smallest absolute Gasteiger partial charge is 0.251 e. The van der Waals surface area contributed by atoms with Crippen molar-refractivity contribution >= 4 is 5.91 Å². The monoisotopic (exact) mass is 325 g/mol. The predicted molar refractivity (Wildman–Crippen MR) is 92.9 cm³/mol. The Morgan fingerprint density at radius 1 is 1.17 bits per heavy atom. The van der Waals surface area contributed by atoms with Crippen LogP contribution < -0.4 is 5.32 Å². The molecule has 1 aliphatic rings. The Hall–Kier alpha value is -2.24. The topological polar surface area (TPSA) is 54.5 Å². The zero-order chi connectivity index (χ0) is 16.8. The lowest BCUT2D eigenvalue weighted by Crippen LogP contribution is -2.43. The molecule has 1 N–H and O–H groups in total. The third kappa shape index (κ3) is 4.19. The fraction of sp³-hybridized carbons (Fsp3) is 0.368. The van der Waals surface area contributed by atoms with Crippen LogP contribution in [0.15, 0.2) is 48.8 Å². The summed E-state index contributed by atoms with van der Waals surface area (Å²) in [5, 5.41) is 3.06. The summed E-state index contributed by atoms with van der Waals surface area (Å²) in [5.74, 6) is -0.0669. The molecule has 5 nitrogen and oxygen atoms in total. The Balaban J connectivity index is 1.72. The minimum atomic E-state index is -0.0669. The van der Waals surface area contributed by atoms with Gasteiger partial charge >= 0.3 is 0 Å². The predicted octanol–water partition coefficient (Wildman–Crippen LogP) is 2.19. The van der Waals surface area contributed by atoms with E-state index in [0.717, 1.165) is 26.3 Å². The number of carbonyl (C=O) groups excluding carboxylic acids is 1. The number of pyridine rings is 1. The van der Waals surface area contributed by atoms with E-state index in [4.69, 9.17) is 4.74 Å². The standard InChI is InChI=1S/C19H23N3O2/c1-15-2-4-16(5-3-15)18(22-10-12-24-13-11-22)14-21-19(23)17-6-8-20-9-7-17/h2-9,18H,10-14H2,1H3,(H,21,23). The molecule has 1 aliphatic heterocycles. The number of hydrogen-bond donors (Lipinski definition) is 1. The van der Waals surface area contributed by atoms with Crippen LogP contribution in [0.1, 0.15) is 27.5 Å². The summed E-state index contributed by atoms with van der Waals surface area (Å²) < 4.78 is 5.46. The quantitative estimate of drug-likeness (QED) is 0.916. The Bertz CT molecular complexity index is 652. The molecule has 2 aromatic rings. The maximum atomic E-state index is 12.3. The van der Waals surface area contributed by atoms with Gasteiger partial charge in [0.2, 0.25) is 0 Å². The number of morpholine rings is 1. The number of rotatable bonds is 5. The molecule has 0 radical (unpaired) electrons. The second-order valence-corrected chi connectivity index (χ2v) is 6.02. The van der Waals surface area contributed by atoms with Gasteiger partial charge in [-0.05, 0) is 24.6 Å². The number of amides is 1. The number of aromatic nitrogens is 1. The van der Waals surface area contributed by atoms with Gasteiger partial charge in [-0.1, -0.05) is 29.8 Å². The summed E-state index contributed by atoms with van der Waals surface area (Å²) in [6, 6.07) is 12.1. The van der Waals surface area contributed by atoms with E-state index < -0.39 is 0 Å². The van der Waals surface area contributed by atoms with Gasteiger partial charge in [0.1, 0.15) is 0 Å². The number of aryl methyl sites for hydroxylation is 1. The molecule has 5 heteroatoms. The van der Waals surface area contributed by atoms with Gasteiger partial charge in [0.25, 0.3) is 5.91 Å². The fourth-order valence-electron chi connectivity index (χ4n) is 2.93. The Kier molecular flexibility index (Phi) is 5.56. The highest BCUT2D eigenvalue weighted by atomic mass is 16.5. The minimum absolute atomic E-state index is 0.0669. The molecule has 1 saturated heterocycles. The molecule has 0 saturated carbocycles. The van der Waals surface area contributed by atoms with Gasteiger partial charge in [-0.3, -0.25) is 14.7 Å². The van der Waals surface area contributed by atoms with Crippen molar-refractivity contribution in [3.63, 3.8) is 0 Å². The summed E-state index contributed by atoms with van der Waals surface area (Å²) in [4.78, 5) is 18.7. The van der Waals surface area contributed by atoms with Crippen molar-refractivity contribution in [2.24, 2.45) is 0 Å². The molecule has 0 aliphatic carbocycles. The first-order valence-corrected chi connectivity index (χ1v) is 8.30. The molecule has 0 spiro atoms.